The molecule has 0 N–H and O–H groups in total. The van der Waals surface area contributed by atoms with Gasteiger partial charge in [-0.05, 0) is 20.8 Å². The Hall–Kier alpha value is -0.900. The summed E-state index contributed by atoms with van der Waals surface area (Å²) in [5, 5.41) is 0. The highest BCUT2D eigenvalue weighted by Gasteiger charge is 2.54. The molecule has 2 aliphatic heterocycles. The molecule has 0 aliphatic carbocycles. The average Bonchev–Trinajstić information content (AvgIpc) is 2.59. The van der Waals surface area contributed by atoms with Crippen molar-refractivity contribution in [3.63, 3.8) is 0 Å². The number of epoxide rings is 1. The molecule has 4 heteroatoms. The van der Waals surface area contributed by atoms with E-state index in [1.54, 1.807) is 0 Å². The number of ether oxygens (including phenoxy) is 1. The number of likely N-dealkylation sites (tertiary alicyclic amines) is 1. The number of hydrogen-bond acceptors (Lipinski definition) is 3. The zero-order chi connectivity index (χ0) is 10.5. The molecule has 0 aromatic heterocycles. The second kappa shape index (κ2) is 2.79. The Labute approximate surface area is 83.2 Å². The molecule has 78 valence electrons. The molecule has 0 radical (unpaired) electrons. The number of carbonyl (C=O) groups is 2. The van der Waals surface area contributed by atoms with E-state index in [1.165, 1.54) is 4.90 Å². The average molecular weight is 197 g/mol. The van der Waals surface area contributed by atoms with Gasteiger partial charge in [0.15, 0.2) is 0 Å². The number of imide groups is 1. The van der Waals surface area contributed by atoms with Crippen LogP contribution in [0.25, 0.3) is 0 Å². The normalized spacial score (nSPS) is 32.2. The van der Waals surface area contributed by atoms with Crippen LogP contribution in [-0.2, 0) is 14.3 Å². The zero-order valence-corrected chi connectivity index (χ0v) is 8.74. The summed E-state index contributed by atoms with van der Waals surface area (Å²) in [6, 6.07) is -0.118. The van der Waals surface area contributed by atoms with Gasteiger partial charge in [0, 0.05) is 12.8 Å². The van der Waals surface area contributed by atoms with Crippen LogP contribution >= 0.6 is 0 Å². The summed E-state index contributed by atoms with van der Waals surface area (Å²) in [7, 11) is 0. The monoisotopic (exact) mass is 197 g/mol. The second-order valence-electron chi connectivity index (χ2n) is 4.54. The molecular formula is C10H15NO3. The summed E-state index contributed by atoms with van der Waals surface area (Å²) >= 11 is 0. The predicted molar refractivity (Wildman–Crippen MR) is 49.5 cm³/mol. The second-order valence-corrected chi connectivity index (χ2v) is 4.54. The standard InChI is InChI=1S/C10H15NO3/c1-6(9-10(2,3)14-9)11-7(12)4-5-8(11)13/h6,9H,4-5H2,1-3H3. The van der Waals surface area contributed by atoms with E-state index >= 15 is 0 Å². The van der Waals surface area contributed by atoms with Crippen LogP contribution in [-0.4, -0.2) is 34.5 Å². The van der Waals surface area contributed by atoms with E-state index in [-0.39, 0.29) is 29.6 Å². The van der Waals surface area contributed by atoms with E-state index in [1.807, 2.05) is 20.8 Å². The number of nitrogens with zero attached hydrogens (tertiary/aromatic N) is 1. The first-order chi connectivity index (χ1) is 6.43. The summed E-state index contributed by atoms with van der Waals surface area (Å²) in [5.74, 6) is -0.123. The van der Waals surface area contributed by atoms with Crippen LogP contribution in [0.4, 0.5) is 0 Å². The van der Waals surface area contributed by atoms with Crippen molar-refractivity contribution in [1.29, 1.82) is 0 Å². The Morgan fingerprint density at radius 3 is 2.14 bits per heavy atom. The minimum Gasteiger partial charge on any atom is -0.364 e. The van der Waals surface area contributed by atoms with E-state index in [0.717, 1.165) is 0 Å². The maximum atomic E-state index is 11.4. The molecule has 2 rings (SSSR count). The highest BCUT2D eigenvalue weighted by Crippen LogP contribution is 2.40. The molecule has 2 aliphatic rings. The number of carbonyl (C=O) groups excluding carboxylic acids is 2. The van der Waals surface area contributed by atoms with Crippen LogP contribution in [0.15, 0.2) is 0 Å². The summed E-state index contributed by atoms with van der Waals surface area (Å²) in [4.78, 5) is 24.2. The fourth-order valence-electron chi connectivity index (χ4n) is 2.16. The Morgan fingerprint density at radius 2 is 1.79 bits per heavy atom. The van der Waals surface area contributed by atoms with Crippen LogP contribution < -0.4 is 0 Å². The van der Waals surface area contributed by atoms with Gasteiger partial charge in [0.1, 0.15) is 6.10 Å². The van der Waals surface area contributed by atoms with Crippen LogP contribution in [0.1, 0.15) is 33.6 Å². The van der Waals surface area contributed by atoms with Gasteiger partial charge in [0.25, 0.3) is 0 Å². The van der Waals surface area contributed by atoms with Gasteiger partial charge in [0.2, 0.25) is 11.8 Å². The summed E-state index contributed by atoms with van der Waals surface area (Å²) in [6.45, 7) is 5.82. The Kier molecular flexibility index (Phi) is 1.93. The molecule has 2 fully saturated rings. The first-order valence-corrected chi connectivity index (χ1v) is 4.96. The SMILES string of the molecule is CC(C1OC1(C)C)N1C(=O)CCC1=O. The Morgan fingerprint density at radius 1 is 1.36 bits per heavy atom. The molecule has 0 saturated carbocycles. The lowest BCUT2D eigenvalue weighted by Crippen LogP contribution is -2.42. The van der Waals surface area contributed by atoms with Gasteiger partial charge in [-0.25, -0.2) is 0 Å². The van der Waals surface area contributed by atoms with Crippen LogP contribution in [0.5, 0.6) is 0 Å². The lowest BCUT2D eigenvalue weighted by atomic mass is 10.0. The molecule has 14 heavy (non-hydrogen) atoms. The number of amides is 2. The van der Waals surface area contributed by atoms with Crippen LogP contribution in [0.2, 0.25) is 0 Å². The van der Waals surface area contributed by atoms with Crippen molar-refractivity contribution in [2.45, 2.75) is 51.4 Å². The molecule has 2 amide bonds. The molecule has 0 aromatic carbocycles. The fourth-order valence-corrected chi connectivity index (χ4v) is 2.16. The summed E-state index contributed by atoms with van der Waals surface area (Å²) < 4.78 is 5.43. The molecule has 0 spiro atoms. The fraction of sp³-hybridized carbons (Fsp3) is 0.800. The first kappa shape index (κ1) is 9.65. The van der Waals surface area contributed by atoms with Gasteiger partial charge in [-0.1, -0.05) is 0 Å². The molecule has 2 saturated heterocycles. The van der Waals surface area contributed by atoms with Crippen molar-refractivity contribution in [3.05, 3.63) is 0 Å². The minimum absolute atomic E-state index is 0.00787. The van der Waals surface area contributed by atoms with Crippen molar-refractivity contribution in [1.82, 2.24) is 4.90 Å². The molecule has 2 unspecified atom stereocenters. The Balaban J connectivity index is 2.08. The largest absolute Gasteiger partial charge is 0.364 e. The van der Waals surface area contributed by atoms with Crippen molar-refractivity contribution in [2.75, 3.05) is 0 Å². The number of rotatable bonds is 2. The summed E-state index contributed by atoms with van der Waals surface area (Å²) in [6.07, 6.45) is 0.723. The van der Waals surface area contributed by atoms with Gasteiger partial charge in [-0.15, -0.1) is 0 Å². The van der Waals surface area contributed by atoms with Crippen LogP contribution in [0, 0.1) is 0 Å². The molecule has 4 nitrogen and oxygen atoms in total. The van der Waals surface area contributed by atoms with Crippen molar-refractivity contribution < 1.29 is 14.3 Å². The van der Waals surface area contributed by atoms with Crippen molar-refractivity contribution in [3.8, 4) is 0 Å². The maximum Gasteiger partial charge on any atom is 0.230 e. The smallest absolute Gasteiger partial charge is 0.230 e. The molecule has 0 aromatic rings. The third-order valence-corrected chi connectivity index (χ3v) is 2.99. The van der Waals surface area contributed by atoms with Crippen molar-refractivity contribution >= 4 is 11.8 Å². The maximum absolute atomic E-state index is 11.4. The predicted octanol–water partition coefficient (Wildman–Crippen LogP) is 0.701. The topological polar surface area (TPSA) is 49.9 Å². The van der Waals surface area contributed by atoms with E-state index in [4.69, 9.17) is 4.74 Å². The third-order valence-electron chi connectivity index (χ3n) is 2.99. The van der Waals surface area contributed by atoms with E-state index in [0.29, 0.717) is 12.8 Å². The highest BCUT2D eigenvalue weighted by molar-refractivity contribution is 6.02. The lowest BCUT2D eigenvalue weighted by molar-refractivity contribution is -0.141. The highest BCUT2D eigenvalue weighted by atomic mass is 16.6. The lowest BCUT2D eigenvalue weighted by Gasteiger charge is -2.21. The third kappa shape index (κ3) is 1.34. The van der Waals surface area contributed by atoms with Gasteiger partial charge in [-0.3, -0.25) is 14.5 Å². The Bertz CT molecular complexity index is 282. The molecule has 2 atom stereocenters. The van der Waals surface area contributed by atoms with Crippen molar-refractivity contribution in [2.24, 2.45) is 0 Å². The quantitative estimate of drug-likeness (QED) is 0.483. The number of hydrogen-bond donors (Lipinski definition) is 0. The zero-order valence-electron chi connectivity index (χ0n) is 8.74. The van der Waals surface area contributed by atoms with Crippen LogP contribution in [0.3, 0.4) is 0 Å². The molecular weight excluding hydrogens is 182 g/mol. The summed E-state index contributed by atoms with van der Waals surface area (Å²) in [5.41, 5.74) is -0.178. The van der Waals surface area contributed by atoms with Gasteiger partial charge < -0.3 is 4.74 Å². The van der Waals surface area contributed by atoms with Gasteiger partial charge in [-0.2, -0.15) is 0 Å². The van der Waals surface area contributed by atoms with Gasteiger partial charge >= 0.3 is 0 Å². The van der Waals surface area contributed by atoms with E-state index in [2.05, 4.69) is 0 Å². The van der Waals surface area contributed by atoms with E-state index in [9.17, 15) is 9.59 Å². The van der Waals surface area contributed by atoms with E-state index < -0.39 is 0 Å². The molecule has 0 bridgehead atoms. The molecule has 2 heterocycles. The first-order valence-electron chi connectivity index (χ1n) is 4.96. The van der Waals surface area contributed by atoms with Gasteiger partial charge in [0.05, 0.1) is 11.6 Å². The minimum atomic E-state index is -0.178.